The summed E-state index contributed by atoms with van der Waals surface area (Å²) in [5, 5.41) is 12.8. The Morgan fingerprint density at radius 3 is 2.32 bits per heavy atom. The van der Waals surface area contributed by atoms with Gasteiger partial charge in [-0.1, -0.05) is 0 Å². The number of hydrogen-bond acceptors (Lipinski definition) is 3. The van der Waals surface area contributed by atoms with Crippen molar-refractivity contribution in [3.63, 3.8) is 0 Å². The molecule has 0 amide bonds. The van der Waals surface area contributed by atoms with Gasteiger partial charge in [-0.05, 0) is 13.0 Å². The molecule has 3 N–H and O–H groups in total. The van der Waals surface area contributed by atoms with Crippen LogP contribution >= 0.6 is 0 Å². The number of aliphatic hydroxyl groups is 1. The fourth-order valence-corrected chi connectivity index (χ4v) is 2.53. The van der Waals surface area contributed by atoms with Crippen LogP contribution in [0.4, 0.5) is 23.2 Å². The summed E-state index contributed by atoms with van der Waals surface area (Å²) in [4.78, 5) is 2.68. The molecule has 3 aromatic rings. The first-order valence-corrected chi connectivity index (χ1v) is 7.43. The van der Waals surface area contributed by atoms with Crippen LogP contribution in [-0.2, 0) is 0 Å². The molecular formula is C17H14F4N2O2. The zero-order valence-corrected chi connectivity index (χ0v) is 13.0. The van der Waals surface area contributed by atoms with E-state index in [1.54, 1.807) is 6.92 Å². The molecule has 0 spiro atoms. The van der Waals surface area contributed by atoms with Gasteiger partial charge in [0.25, 0.3) is 0 Å². The smallest absolute Gasteiger partial charge is 0.160 e. The Kier molecular flexibility index (Phi) is 4.54. The Bertz CT molecular complexity index is 903. The molecule has 0 fully saturated rings. The van der Waals surface area contributed by atoms with E-state index >= 15 is 0 Å². The third kappa shape index (κ3) is 3.25. The Balaban J connectivity index is 1.93. The van der Waals surface area contributed by atoms with Crippen LogP contribution in [0.15, 0.2) is 30.5 Å². The SMILES string of the molecule is CCOc1cc(F)c(C(O)Nc2c[nH]c3cc(F)c(F)cc23)c(F)c1. The third-order valence-electron chi connectivity index (χ3n) is 3.65. The number of benzene rings is 2. The monoisotopic (exact) mass is 354 g/mol. The molecule has 1 atom stereocenters. The summed E-state index contributed by atoms with van der Waals surface area (Å²) >= 11 is 0. The van der Waals surface area contributed by atoms with Crippen molar-refractivity contribution >= 4 is 16.6 Å². The van der Waals surface area contributed by atoms with E-state index in [0.29, 0.717) is 0 Å². The van der Waals surface area contributed by atoms with Crippen molar-refractivity contribution in [1.29, 1.82) is 0 Å². The quantitative estimate of drug-likeness (QED) is 0.475. The molecule has 3 rings (SSSR count). The van der Waals surface area contributed by atoms with E-state index in [0.717, 1.165) is 24.3 Å². The summed E-state index contributed by atoms with van der Waals surface area (Å²) in [6.45, 7) is 1.90. The lowest BCUT2D eigenvalue weighted by Gasteiger charge is -2.16. The number of ether oxygens (including phenoxy) is 1. The molecule has 25 heavy (non-hydrogen) atoms. The van der Waals surface area contributed by atoms with E-state index in [4.69, 9.17) is 4.74 Å². The average Bonchev–Trinajstić information content (AvgIpc) is 2.89. The molecule has 0 aliphatic heterocycles. The summed E-state index contributed by atoms with van der Waals surface area (Å²) in [5.41, 5.74) is -0.185. The molecule has 0 saturated heterocycles. The van der Waals surface area contributed by atoms with Crippen LogP contribution in [0.2, 0.25) is 0 Å². The predicted octanol–water partition coefficient (Wildman–Crippen LogP) is 4.23. The van der Waals surface area contributed by atoms with Crippen LogP contribution in [-0.4, -0.2) is 16.7 Å². The van der Waals surface area contributed by atoms with Gasteiger partial charge in [0.15, 0.2) is 17.9 Å². The number of hydrogen-bond donors (Lipinski definition) is 3. The number of aliphatic hydroxyl groups excluding tert-OH is 1. The number of fused-ring (bicyclic) bond motifs is 1. The van der Waals surface area contributed by atoms with Crippen molar-refractivity contribution in [2.75, 3.05) is 11.9 Å². The van der Waals surface area contributed by atoms with E-state index in [-0.39, 0.29) is 28.9 Å². The predicted molar refractivity (Wildman–Crippen MR) is 84.3 cm³/mol. The van der Waals surface area contributed by atoms with Crippen molar-refractivity contribution in [2.45, 2.75) is 13.2 Å². The van der Waals surface area contributed by atoms with E-state index in [1.165, 1.54) is 6.20 Å². The molecule has 132 valence electrons. The standard InChI is InChI=1S/C17H14F4N2O2/c1-2-25-8-3-12(20)16(13(21)4-8)17(24)23-15-7-22-14-6-11(19)10(18)5-9(14)15/h3-7,17,22-24H,2H2,1H3. The first-order valence-electron chi connectivity index (χ1n) is 7.43. The summed E-state index contributed by atoms with van der Waals surface area (Å²) in [6, 6.07) is 3.77. The number of nitrogens with one attached hydrogen (secondary N) is 2. The van der Waals surface area contributed by atoms with Gasteiger partial charge in [-0.3, -0.25) is 0 Å². The molecule has 0 saturated carbocycles. The summed E-state index contributed by atoms with van der Waals surface area (Å²) < 4.78 is 59.9. The maximum atomic E-state index is 14.1. The molecule has 1 heterocycles. The normalized spacial score (nSPS) is 12.4. The van der Waals surface area contributed by atoms with Gasteiger partial charge in [0.1, 0.15) is 17.4 Å². The lowest BCUT2D eigenvalue weighted by molar-refractivity contribution is 0.197. The summed E-state index contributed by atoms with van der Waals surface area (Å²) in [5.74, 6) is -4.12. The van der Waals surface area contributed by atoms with Gasteiger partial charge < -0.3 is 20.1 Å². The van der Waals surface area contributed by atoms with Crippen LogP contribution in [0.1, 0.15) is 18.7 Å². The first-order chi connectivity index (χ1) is 11.9. The van der Waals surface area contributed by atoms with Crippen molar-refractivity contribution < 1.29 is 27.4 Å². The third-order valence-corrected chi connectivity index (χ3v) is 3.65. The number of aromatic amines is 1. The molecular weight excluding hydrogens is 340 g/mol. The van der Waals surface area contributed by atoms with Crippen LogP contribution < -0.4 is 10.1 Å². The van der Waals surface area contributed by atoms with E-state index in [1.807, 2.05) is 0 Å². The highest BCUT2D eigenvalue weighted by atomic mass is 19.2. The minimum Gasteiger partial charge on any atom is -0.494 e. The van der Waals surface area contributed by atoms with Gasteiger partial charge in [-0.25, -0.2) is 17.6 Å². The topological polar surface area (TPSA) is 57.3 Å². The molecule has 2 aromatic carbocycles. The Labute approximate surface area is 140 Å². The van der Waals surface area contributed by atoms with Gasteiger partial charge in [-0.2, -0.15) is 0 Å². The first kappa shape index (κ1) is 17.1. The minimum atomic E-state index is -1.75. The number of halogens is 4. The molecule has 0 aliphatic rings. The zero-order valence-electron chi connectivity index (χ0n) is 13.0. The van der Waals surface area contributed by atoms with Crippen molar-refractivity contribution in [2.24, 2.45) is 0 Å². The lowest BCUT2D eigenvalue weighted by atomic mass is 10.1. The highest BCUT2D eigenvalue weighted by molar-refractivity contribution is 5.92. The second-order valence-electron chi connectivity index (χ2n) is 5.29. The minimum absolute atomic E-state index is 0.00177. The van der Waals surface area contributed by atoms with Gasteiger partial charge in [0.05, 0.1) is 23.4 Å². The number of H-pyrrole nitrogens is 1. The number of rotatable bonds is 5. The summed E-state index contributed by atoms with van der Waals surface area (Å²) in [7, 11) is 0. The van der Waals surface area contributed by atoms with Crippen LogP contribution in [0.5, 0.6) is 5.75 Å². The Hall–Kier alpha value is -2.74. The van der Waals surface area contributed by atoms with Crippen LogP contribution in [0.3, 0.4) is 0 Å². The summed E-state index contributed by atoms with van der Waals surface area (Å²) in [6.07, 6.45) is -0.417. The van der Waals surface area contributed by atoms with Crippen LogP contribution in [0.25, 0.3) is 10.9 Å². The largest absolute Gasteiger partial charge is 0.494 e. The Morgan fingerprint density at radius 2 is 1.68 bits per heavy atom. The molecule has 1 aromatic heterocycles. The van der Waals surface area contributed by atoms with Gasteiger partial charge in [0, 0.05) is 29.8 Å². The molecule has 8 heteroatoms. The van der Waals surface area contributed by atoms with Crippen LogP contribution in [0, 0.1) is 23.3 Å². The Morgan fingerprint density at radius 1 is 1.04 bits per heavy atom. The van der Waals surface area contributed by atoms with Gasteiger partial charge in [0.2, 0.25) is 0 Å². The maximum Gasteiger partial charge on any atom is 0.160 e. The highest BCUT2D eigenvalue weighted by Gasteiger charge is 2.21. The van der Waals surface area contributed by atoms with Crippen molar-refractivity contribution in [3.05, 3.63) is 59.3 Å². The fraction of sp³-hybridized carbons (Fsp3) is 0.176. The fourth-order valence-electron chi connectivity index (χ4n) is 2.53. The molecule has 0 bridgehead atoms. The molecule has 4 nitrogen and oxygen atoms in total. The van der Waals surface area contributed by atoms with Gasteiger partial charge in [-0.15, -0.1) is 0 Å². The van der Waals surface area contributed by atoms with E-state index in [2.05, 4.69) is 10.3 Å². The molecule has 0 radical (unpaired) electrons. The van der Waals surface area contributed by atoms with Gasteiger partial charge >= 0.3 is 0 Å². The maximum absolute atomic E-state index is 14.1. The van der Waals surface area contributed by atoms with E-state index in [9.17, 15) is 22.7 Å². The number of aromatic nitrogens is 1. The lowest BCUT2D eigenvalue weighted by Crippen LogP contribution is -2.14. The second-order valence-corrected chi connectivity index (χ2v) is 5.29. The van der Waals surface area contributed by atoms with E-state index < -0.39 is 35.1 Å². The second kappa shape index (κ2) is 6.64. The van der Waals surface area contributed by atoms with Crippen molar-refractivity contribution in [3.8, 4) is 5.75 Å². The zero-order chi connectivity index (χ0) is 18.1. The number of anilines is 1. The molecule has 1 unspecified atom stereocenters. The highest BCUT2D eigenvalue weighted by Crippen LogP contribution is 2.31. The van der Waals surface area contributed by atoms with Crippen molar-refractivity contribution in [1.82, 2.24) is 4.98 Å². The average molecular weight is 354 g/mol. The molecule has 0 aliphatic carbocycles.